The molecule has 0 aromatic carbocycles. The monoisotopic (exact) mass is 240 g/mol. The van der Waals surface area contributed by atoms with E-state index in [9.17, 15) is 4.79 Å². The maximum absolute atomic E-state index is 11.2. The lowest BCUT2D eigenvalue weighted by Crippen LogP contribution is -2.16. The maximum Gasteiger partial charge on any atom is 0.276 e. The molecule has 0 atom stereocenters. The number of nitrogen functional groups attached to an aromatic ring is 1. The van der Waals surface area contributed by atoms with Crippen molar-refractivity contribution in [3.05, 3.63) is 16.7 Å². The van der Waals surface area contributed by atoms with Gasteiger partial charge in [-0.05, 0) is 26.7 Å². The van der Waals surface area contributed by atoms with Gasteiger partial charge in [-0.1, -0.05) is 0 Å². The van der Waals surface area contributed by atoms with Crippen molar-refractivity contribution in [3.8, 4) is 0 Å². The summed E-state index contributed by atoms with van der Waals surface area (Å²) in [6, 6.07) is 0. The van der Waals surface area contributed by atoms with Gasteiger partial charge >= 0.3 is 0 Å². The zero-order valence-corrected chi connectivity index (χ0v) is 10.3. The third kappa shape index (κ3) is 4.86. The number of anilines is 2. The quantitative estimate of drug-likeness (QED) is 0.617. The molecule has 0 bridgehead atoms. The minimum atomic E-state index is -0.314. The Balaban J connectivity index is 2.23. The van der Waals surface area contributed by atoms with Gasteiger partial charge in [-0.2, -0.15) is 0 Å². The molecule has 1 aromatic heterocycles. The van der Waals surface area contributed by atoms with Gasteiger partial charge in [0.05, 0.1) is 12.4 Å². The molecule has 0 radical (unpaired) electrons. The molecule has 1 heterocycles. The summed E-state index contributed by atoms with van der Waals surface area (Å²) in [6.45, 7) is 5.50. The van der Waals surface area contributed by atoms with Crippen LogP contribution in [-0.2, 0) is 4.74 Å². The summed E-state index contributed by atoms with van der Waals surface area (Å²) >= 11 is 0. The number of nitrogens with zero attached hydrogens (tertiary/aromatic N) is 1. The number of unbranched alkanes of at least 4 members (excludes halogenated alkanes) is 1. The Morgan fingerprint density at radius 2 is 2.29 bits per heavy atom. The third-order valence-electron chi connectivity index (χ3n) is 2.20. The van der Waals surface area contributed by atoms with E-state index in [0.29, 0.717) is 5.82 Å². The van der Waals surface area contributed by atoms with Crippen molar-refractivity contribution in [2.75, 3.05) is 24.2 Å². The fourth-order valence-electron chi connectivity index (χ4n) is 1.30. The number of rotatable bonds is 7. The Bertz CT molecular complexity index is 389. The zero-order valence-electron chi connectivity index (χ0n) is 10.3. The van der Waals surface area contributed by atoms with Crippen molar-refractivity contribution in [1.29, 1.82) is 0 Å². The molecule has 1 aromatic rings. The molecule has 0 aliphatic carbocycles. The highest BCUT2D eigenvalue weighted by atomic mass is 16.5. The summed E-state index contributed by atoms with van der Waals surface area (Å²) in [5.41, 5.74) is 5.39. The van der Waals surface area contributed by atoms with Gasteiger partial charge in [-0.15, -0.1) is 0 Å². The standard InChI is InChI=1S/C11H20N4O2/c1-8(2)17-6-4-3-5-13-10-9(12)11(16)15-7-14-10/h7-8H,3-6,12H2,1-2H3,(H2,13,14,15,16). The SMILES string of the molecule is CC(C)OCCCCNc1nc[nH]c(=O)c1N. The minimum Gasteiger partial charge on any atom is -0.391 e. The van der Waals surface area contributed by atoms with Crippen molar-refractivity contribution >= 4 is 11.5 Å². The summed E-state index contributed by atoms with van der Waals surface area (Å²) in [7, 11) is 0. The molecule has 6 nitrogen and oxygen atoms in total. The Kier molecular flexibility index (Phi) is 5.48. The first-order valence-corrected chi connectivity index (χ1v) is 5.80. The lowest BCUT2D eigenvalue weighted by atomic mass is 10.3. The first kappa shape index (κ1) is 13.5. The summed E-state index contributed by atoms with van der Waals surface area (Å²) in [5.74, 6) is 0.443. The molecule has 4 N–H and O–H groups in total. The number of ether oxygens (including phenoxy) is 1. The van der Waals surface area contributed by atoms with Gasteiger partial charge in [0.15, 0.2) is 5.82 Å². The molecule has 0 saturated carbocycles. The largest absolute Gasteiger partial charge is 0.391 e. The molecule has 17 heavy (non-hydrogen) atoms. The molecule has 0 spiro atoms. The summed E-state index contributed by atoms with van der Waals surface area (Å²) < 4.78 is 5.41. The molecule has 0 saturated heterocycles. The van der Waals surface area contributed by atoms with Gasteiger partial charge in [-0.3, -0.25) is 4.79 Å². The molecular weight excluding hydrogens is 220 g/mol. The Labute approximate surface area is 101 Å². The van der Waals surface area contributed by atoms with Gasteiger partial charge in [0.25, 0.3) is 5.56 Å². The van der Waals surface area contributed by atoms with Crippen LogP contribution >= 0.6 is 0 Å². The van der Waals surface area contributed by atoms with Crippen molar-refractivity contribution in [1.82, 2.24) is 9.97 Å². The number of H-pyrrole nitrogens is 1. The van der Waals surface area contributed by atoms with Crippen LogP contribution in [0.25, 0.3) is 0 Å². The number of aromatic nitrogens is 2. The normalized spacial score (nSPS) is 10.8. The zero-order chi connectivity index (χ0) is 12.7. The van der Waals surface area contributed by atoms with Crippen LogP contribution in [0.4, 0.5) is 11.5 Å². The van der Waals surface area contributed by atoms with E-state index >= 15 is 0 Å². The lowest BCUT2D eigenvalue weighted by molar-refractivity contribution is 0.0765. The van der Waals surface area contributed by atoms with Crippen LogP contribution in [-0.4, -0.2) is 29.2 Å². The van der Waals surface area contributed by atoms with E-state index in [0.717, 1.165) is 26.0 Å². The van der Waals surface area contributed by atoms with Gasteiger partial charge in [0.1, 0.15) is 5.69 Å². The highest BCUT2D eigenvalue weighted by molar-refractivity contribution is 5.58. The van der Waals surface area contributed by atoms with Gasteiger partial charge < -0.3 is 20.8 Å². The fraction of sp³-hybridized carbons (Fsp3) is 0.636. The van der Waals surface area contributed by atoms with E-state index < -0.39 is 0 Å². The van der Waals surface area contributed by atoms with Crippen LogP contribution in [0.1, 0.15) is 26.7 Å². The van der Waals surface area contributed by atoms with Crippen LogP contribution in [0.2, 0.25) is 0 Å². The number of aromatic amines is 1. The molecule has 0 aliphatic rings. The third-order valence-corrected chi connectivity index (χ3v) is 2.20. The van der Waals surface area contributed by atoms with Crippen molar-refractivity contribution in [3.63, 3.8) is 0 Å². The van der Waals surface area contributed by atoms with Gasteiger partial charge in [0, 0.05) is 13.2 Å². The molecule has 6 heteroatoms. The molecule has 96 valence electrons. The van der Waals surface area contributed by atoms with E-state index in [-0.39, 0.29) is 17.4 Å². The number of hydrogen-bond acceptors (Lipinski definition) is 5. The van der Waals surface area contributed by atoms with Crippen LogP contribution in [0.3, 0.4) is 0 Å². The second kappa shape index (κ2) is 6.90. The van der Waals surface area contributed by atoms with Crippen LogP contribution in [0.5, 0.6) is 0 Å². The Morgan fingerprint density at radius 1 is 1.53 bits per heavy atom. The summed E-state index contributed by atoms with van der Waals surface area (Å²) in [5, 5.41) is 3.03. The summed E-state index contributed by atoms with van der Waals surface area (Å²) in [6.07, 6.45) is 3.52. The molecule has 0 aliphatic heterocycles. The van der Waals surface area contributed by atoms with E-state index in [1.54, 1.807) is 0 Å². The second-order valence-corrected chi connectivity index (χ2v) is 4.05. The highest BCUT2D eigenvalue weighted by Crippen LogP contribution is 2.07. The Morgan fingerprint density at radius 3 is 3.00 bits per heavy atom. The number of nitrogens with one attached hydrogen (secondary N) is 2. The predicted octanol–water partition coefficient (Wildman–Crippen LogP) is 0.969. The molecule has 1 rings (SSSR count). The molecule has 0 amide bonds. The number of hydrogen-bond donors (Lipinski definition) is 3. The first-order valence-electron chi connectivity index (χ1n) is 5.80. The molecule has 0 unspecified atom stereocenters. The van der Waals surface area contributed by atoms with Gasteiger partial charge in [-0.25, -0.2) is 4.98 Å². The van der Waals surface area contributed by atoms with Crippen molar-refractivity contribution in [2.24, 2.45) is 0 Å². The average molecular weight is 240 g/mol. The van der Waals surface area contributed by atoms with E-state index in [1.807, 2.05) is 13.8 Å². The van der Waals surface area contributed by atoms with Crippen LogP contribution in [0.15, 0.2) is 11.1 Å². The van der Waals surface area contributed by atoms with Crippen LogP contribution < -0.4 is 16.6 Å². The van der Waals surface area contributed by atoms with Crippen LogP contribution in [0, 0.1) is 0 Å². The van der Waals surface area contributed by atoms with Crippen molar-refractivity contribution < 1.29 is 4.74 Å². The Hall–Kier alpha value is -1.56. The minimum absolute atomic E-state index is 0.130. The van der Waals surface area contributed by atoms with Crippen molar-refractivity contribution in [2.45, 2.75) is 32.8 Å². The fourth-order valence-corrected chi connectivity index (χ4v) is 1.30. The van der Waals surface area contributed by atoms with E-state index in [4.69, 9.17) is 10.5 Å². The predicted molar refractivity (Wildman–Crippen MR) is 68.1 cm³/mol. The van der Waals surface area contributed by atoms with E-state index in [2.05, 4.69) is 15.3 Å². The topological polar surface area (TPSA) is 93.0 Å². The second-order valence-electron chi connectivity index (χ2n) is 4.05. The molecule has 0 fully saturated rings. The smallest absolute Gasteiger partial charge is 0.276 e. The lowest BCUT2D eigenvalue weighted by Gasteiger charge is -2.08. The highest BCUT2D eigenvalue weighted by Gasteiger charge is 2.02. The van der Waals surface area contributed by atoms with Gasteiger partial charge in [0.2, 0.25) is 0 Å². The molecular formula is C11H20N4O2. The maximum atomic E-state index is 11.2. The number of nitrogens with two attached hydrogens (primary N) is 1. The average Bonchev–Trinajstić information content (AvgIpc) is 2.28. The summed E-state index contributed by atoms with van der Waals surface area (Å²) in [4.78, 5) is 17.5. The van der Waals surface area contributed by atoms with E-state index in [1.165, 1.54) is 6.33 Å². The first-order chi connectivity index (χ1) is 8.11.